The number of sulfonamides is 1. The summed E-state index contributed by atoms with van der Waals surface area (Å²) in [5.74, 6) is -1.22. The van der Waals surface area contributed by atoms with Crippen LogP contribution in [0.2, 0.25) is 0 Å². The third-order valence-electron chi connectivity index (χ3n) is 4.43. The number of nitrogens with one attached hydrogen (secondary N) is 1. The molecule has 2 aromatic rings. The molecule has 0 saturated heterocycles. The quantitative estimate of drug-likeness (QED) is 0.462. The lowest BCUT2D eigenvalue weighted by Crippen LogP contribution is -2.37. The normalized spacial score (nSPS) is 12.1. The molecule has 7 nitrogen and oxygen atoms in total. The molecule has 0 spiro atoms. The van der Waals surface area contributed by atoms with Crippen LogP contribution in [-0.4, -0.2) is 45.4 Å². The van der Waals surface area contributed by atoms with Gasteiger partial charge < -0.3 is 9.64 Å². The van der Waals surface area contributed by atoms with Crippen LogP contribution in [-0.2, 0) is 26.1 Å². The van der Waals surface area contributed by atoms with Gasteiger partial charge in [0.05, 0.1) is 17.9 Å². The molecule has 2 aromatic carbocycles. The van der Waals surface area contributed by atoms with E-state index in [0.29, 0.717) is 12.1 Å². The highest BCUT2D eigenvalue weighted by Gasteiger charge is 2.23. The van der Waals surface area contributed by atoms with E-state index in [9.17, 15) is 18.0 Å². The Labute approximate surface area is 177 Å². The van der Waals surface area contributed by atoms with Crippen LogP contribution in [0.5, 0.6) is 0 Å². The molecule has 0 fully saturated rings. The molecule has 0 aliphatic heterocycles. The lowest BCUT2D eigenvalue weighted by Gasteiger charge is -2.25. The van der Waals surface area contributed by atoms with Crippen molar-refractivity contribution in [2.45, 2.75) is 18.4 Å². The second-order valence-electron chi connectivity index (χ2n) is 6.76. The minimum Gasteiger partial charge on any atom is -0.469 e. The summed E-state index contributed by atoms with van der Waals surface area (Å²) >= 11 is 0. The van der Waals surface area contributed by atoms with Crippen molar-refractivity contribution in [3.8, 4) is 0 Å². The highest BCUT2D eigenvalue weighted by Crippen LogP contribution is 2.16. The molecule has 160 valence electrons. The van der Waals surface area contributed by atoms with Gasteiger partial charge in [0.25, 0.3) is 5.91 Å². The van der Waals surface area contributed by atoms with E-state index in [-0.39, 0.29) is 23.9 Å². The molecule has 30 heavy (non-hydrogen) atoms. The number of amides is 1. The van der Waals surface area contributed by atoms with Crippen molar-refractivity contribution in [3.63, 3.8) is 0 Å². The molecule has 1 N–H and O–H groups in total. The van der Waals surface area contributed by atoms with Crippen LogP contribution in [0, 0.1) is 5.92 Å². The summed E-state index contributed by atoms with van der Waals surface area (Å²) in [5.41, 5.74) is 1.24. The summed E-state index contributed by atoms with van der Waals surface area (Å²) in [4.78, 5) is 26.6. The summed E-state index contributed by atoms with van der Waals surface area (Å²) in [6.07, 6.45) is 1.44. The molecular weight excluding hydrogens is 404 g/mol. The third kappa shape index (κ3) is 6.27. The molecule has 1 unspecified atom stereocenters. The van der Waals surface area contributed by atoms with Gasteiger partial charge in [-0.3, -0.25) is 9.59 Å². The maximum absolute atomic E-state index is 13.1. The highest BCUT2D eigenvalue weighted by atomic mass is 32.2. The molecular formula is C22H26N2O5S. The number of nitrogens with zero attached hydrogens (tertiary/aromatic N) is 1. The van der Waals surface area contributed by atoms with Crippen molar-refractivity contribution in [2.24, 2.45) is 5.92 Å². The third-order valence-corrected chi connectivity index (χ3v) is 5.87. The van der Waals surface area contributed by atoms with Crippen molar-refractivity contribution in [3.05, 3.63) is 78.4 Å². The van der Waals surface area contributed by atoms with Gasteiger partial charge in [0.15, 0.2) is 0 Å². The van der Waals surface area contributed by atoms with E-state index in [2.05, 4.69) is 11.3 Å². The summed E-state index contributed by atoms with van der Waals surface area (Å²) in [5, 5.41) is 0. The van der Waals surface area contributed by atoms with Gasteiger partial charge in [0.1, 0.15) is 0 Å². The Hall–Kier alpha value is -2.97. The average molecular weight is 431 g/mol. The average Bonchev–Trinajstić information content (AvgIpc) is 2.77. The topological polar surface area (TPSA) is 92.8 Å². The van der Waals surface area contributed by atoms with Crippen molar-refractivity contribution in [1.29, 1.82) is 0 Å². The number of hydrogen-bond donors (Lipinski definition) is 1. The van der Waals surface area contributed by atoms with Gasteiger partial charge in [-0.15, -0.1) is 6.58 Å². The lowest BCUT2D eigenvalue weighted by atomic mass is 10.1. The first-order chi connectivity index (χ1) is 14.3. The van der Waals surface area contributed by atoms with Gasteiger partial charge in [0.2, 0.25) is 10.0 Å². The fourth-order valence-corrected chi connectivity index (χ4v) is 3.84. The molecule has 0 aliphatic rings. The minimum atomic E-state index is -3.67. The number of rotatable bonds is 10. The number of carbonyl (C=O) groups is 2. The predicted octanol–water partition coefficient (Wildman–Crippen LogP) is 2.60. The molecule has 1 amide bonds. The molecule has 0 aromatic heterocycles. The molecule has 8 heteroatoms. The van der Waals surface area contributed by atoms with E-state index in [1.807, 2.05) is 30.3 Å². The second kappa shape index (κ2) is 10.7. The second-order valence-corrected chi connectivity index (χ2v) is 8.53. The van der Waals surface area contributed by atoms with Crippen LogP contribution in [0.4, 0.5) is 0 Å². The Morgan fingerprint density at radius 3 is 2.33 bits per heavy atom. The number of hydrogen-bond acceptors (Lipinski definition) is 5. The standard InChI is InChI=1S/C22H26N2O5S/c1-4-14-23-30(27,28)20-12-10-19(11-13-20)21(25)24(15-17(2)22(26)29-3)16-18-8-6-5-7-9-18/h4-13,17,23H,1,14-16H2,2-3H3. The van der Waals surface area contributed by atoms with E-state index in [0.717, 1.165) is 5.56 Å². The fraction of sp³-hybridized carbons (Fsp3) is 0.273. The minimum absolute atomic E-state index is 0.0541. The van der Waals surface area contributed by atoms with Crippen LogP contribution >= 0.6 is 0 Å². The van der Waals surface area contributed by atoms with Crippen molar-refractivity contribution >= 4 is 21.9 Å². The first-order valence-electron chi connectivity index (χ1n) is 9.40. The zero-order valence-electron chi connectivity index (χ0n) is 17.1. The van der Waals surface area contributed by atoms with Crippen molar-refractivity contribution < 1.29 is 22.7 Å². The van der Waals surface area contributed by atoms with Crippen molar-refractivity contribution in [1.82, 2.24) is 9.62 Å². The molecule has 1 atom stereocenters. The zero-order valence-corrected chi connectivity index (χ0v) is 17.9. The van der Waals surface area contributed by atoms with Crippen LogP contribution in [0.3, 0.4) is 0 Å². The van der Waals surface area contributed by atoms with Gasteiger partial charge in [-0.25, -0.2) is 13.1 Å². The van der Waals surface area contributed by atoms with Crippen molar-refractivity contribution in [2.75, 3.05) is 20.2 Å². The van der Waals surface area contributed by atoms with E-state index in [1.165, 1.54) is 37.5 Å². The Morgan fingerprint density at radius 1 is 1.13 bits per heavy atom. The SMILES string of the molecule is C=CCNS(=O)(=O)c1ccc(C(=O)N(Cc2ccccc2)CC(C)C(=O)OC)cc1. The maximum Gasteiger partial charge on any atom is 0.310 e. The summed E-state index contributed by atoms with van der Waals surface area (Å²) in [7, 11) is -2.37. The zero-order chi connectivity index (χ0) is 22.1. The van der Waals surface area contributed by atoms with Gasteiger partial charge in [-0.05, 0) is 29.8 Å². The van der Waals surface area contributed by atoms with E-state index >= 15 is 0 Å². The first-order valence-corrected chi connectivity index (χ1v) is 10.9. The molecule has 0 heterocycles. The van der Waals surface area contributed by atoms with Crippen LogP contribution in [0.25, 0.3) is 0 Å². The monoisotopic (exact) mass is 430 g/mol. The number of ether oxygens (including phenoxy) is 1. The van der Waals surface area contributed by atoms with E-state index in [1.54, 1.807) is 11.8 Å². The van der Waals surface area contributed by atoms with Crippen LogP contribution < -0.4 is 4.72 Å². The van der Waals surface area contributed by atoms with Gasteiger partial charge in [-0.2, -0.15) is 0 Å². The molecule has 0 radical (unpaired) electrons. The Bertz CT molecular complexity index is 972. The summed E-state index contributed by atoms with van der Waals surface area (Å²) < 4.78 is 31.5. The Kier molecular flexibility index (Phi) is 8.32. The molecule has 0 bridgehead atoms. The summed E-state index contributed by atoms with van der Waals surface area (Å²) in [6, 6.07) is 15.1. The first kappa shape index (κ1) is 23.3. The van der Waals surface area contributed by atoms with Gasteiger partial charge in [0, 0.05) is 25.2 Å². The lowest BCUT2D eigenvalue weighted by molar-refractivity contribution is -0.145. The Balaban J connectivity index is 2.25. The number of carbonyl (C=O) groups excluding carboxylic acids is 2. The smallest absolute Gasteiger partial charge is 0.310 e. The number of benzene rings is 2. The van der Waals surface area contributed by atoms with Crippen LogP contribution in [0.15, 0.2) is 72.1 Å². The summed E-state index contributed by atoms with van der Waals surface area (Å²) in [6.45, 7) is 5.76. The molecule has 0 saturated carbocycles. The highest BCUT2D eigenvalue weighted by molar-refractivity contribution is 7.89. The molecule has 0 aliphatic carbocycles. The van der Waals surface area contributed by atoms with Gasteiger partial charge >= 0.3 is 5.97 Å². The predicted molar refractivity (Wildman–Crippen MR) is 114 cm³/mol. The number of methoxy groups -OCH3 is 1. The largest absolute Gasteiger partial charge is 0.469 e. The number of esters is 1. The van der Waals surface area contributed by atoms with Gasteiger partial charge in [-0.1, -0.05) is 43.3 Å². The fourth-order valence-electron chi connectivity index (χ4n) is 2.84. The molecule has 2 rings (SSSR count). The maximum atomic E-state index is 13.1. The van der Waals surface area contributed by atoms with Crippen LogP contribution in [0.1, 0.15) is 22.8 Å². The Morgan fingerprint density at radius 2 is 1.77 bits per heavy atom. The van der Waals surface area contributed by atoms with E-state index in [4.69, 9.17) is 4.74 Å². The van der Waals surface area contributed by atoms with E-state index < -0.39 is 21.9 Å².